The van der Waals surface area contributed by atoms with Gasteiger partial charge < -0.3 is 18.9 Å². The zero-order valence-corrected chi connectivity index (χ0v) is 33.8. The summed E-state index contributed by atoms with van der Waals surface area (Å²) in [4.78, 5) is 25.6. The Morgan fingerprint density at radius 1 is 0.737 bits per heavy atom. The van der Waals surface area contributed by atoms with Gasteiger partial charge in [-0.05, 0) is 85.6 Å². The van der Waals surface area contributed by atoms with Crippen LogP contribution in [0.1, 0.15) is 70.7 Å². The minimum atomic E-state index is -4.71. The van der Waals surface area contributed by atoms with Crippen molar-refractivity contribution in [3.05, 3.63) is 154 Å². The lowest BCUT2D eigenvalue weighted by atomic mass is 9.81. The number of carbonyl (C=O) groups is 2. The number of esters is 2. The third kappa shape index (κ3) is 8.12. The molecule has 0 atom stereocenters. The fraction of sp³-hybridized carbons (Fsp3) is 0.233. The molecule has 0 saturated heterocycles. The van der Waals surface area contributed by atoms with Crippen molar-refractivity contribution in [3.63, 3.8) is 0 Å². The second-order valence-electron chi connectivity index (χ2n) is 14.8. The first-order valence-electron chi connectivity index (χ1n) is 17.8. The smallest absolute Gasteiger partial charge is 0.337 e. The number of anilines is 1. The van der Waals surface area contributed by atoms with Gasteiger partial charge in [-0.1, -0.05) is 56.3 Å². The van der Waals surface area contributed by atoms with Crippen LogP contribution in [-0.4, -0.2) is 62.4 Å². The Kier molecular flexibility index (Phi) is 11.0. The fourth-order valence-electron chi connectivity index (χ4n) is 7.42. The van der Waals surface area contributed by atoms with Gasteiger partial charge >= 0.3 is 11.9 Å². The van der Waals surface area contributed by atoms with Gasteiger partial charge in [0.05, 0.1) is 40.6 Å². The summed E-state index contributed by atoms with van der Waals surface area (Å²) >= 11 is 0. The summed E-state index contributed by atoms with van der Waals surface area (Å²) in [5, 5.41) is 0. The van der Waals surface area contributed by atoms with Crippen LogP contribution in [0.25, 0.3) is 0 Å². The van der Waals surface area contributed by atoms with E-state index in [4.69, 9.17) is 9.47 Å². The maximum absolute atomic E-state index is 12.1. The minimum absolute atomic E-state index is 0.211. The van der Waals surface area contributed by atoms with Gasteiger partial charge in [0.15, 0.2) is 12.3 Å². The van der Waals surface area contributed by atoms with E-state index in [1.165, 1.54) is 38.5 Å². The van der Waals surface area contributed by atoms with E-state index < -0.39 is 43.0 Å². The molecule has 14 heteroatoms. The van der Waals surface area contributed by atoms with Gasteiger partial charge in [-0.25, -0.2) is 18.0 Å². The van der Waals surface area contributed by atoms with Crippen LogP contribution in [0, 0.1) is 0 Å². The van der Waals surface area contributed by atoms with Crippen molar-refractivity contribution in [3.8, 4) is 0 Å². The van der Waals surface area contributed by atoms with E-state index in [0.29, 0.717) is 35.3 Å². The van der Waals surface area contributed by atoms with Gasteiger partial charge in [0.1, 0.15) is 10.1 Å². The molecule has 0 aromatic heterocycles. The van der Waals surface area contributed by atoms with Gasteiger partial charge in [-0.3, -0.25) is 4.55 Å². The van der Waals surface area contributed by atoms with Gasteiger partial charge in [0.25, 0.3) is 10.1 Å². The topological polar surface area (TPSA) is 170 Å². The molecule has 0 aliphatic carbocycles. The molecule has 0 spiro atoms. The number of carbonyl (C=O) groups excluding carboxylic acids is 2. The quantitative estimate of drug-likeness (QED) is 0.0718. The first-order chi connectivity index (χ1) is 26.8. The molecule has 12 nitrogen and oxygen atoms in total. The largest absolute Gasteiger partial charge is 0.744 e. The molecule has 1 N–H and O–H groups in total. The Morgan fingerprint density at radius 2 is 1.30 bits per heavy atom. The van der Waals surface area contributed by atoms with Gasteiger partial charge in [0, 0.05) is 46.6 Å². The van der Waals surface area contributed by atoms with Crippen LogP contribution in [0.4, 0.5) is 11.4 Å². The first kappa shape index (κ1) is 41.0. The van der Waals surface area contributed by atoms with Crippen LogP contribution in [0.15, 0.2) is 131 Å². The lowest BCUT2D eigenvalue weighted by molar-refractivity contribution is -0.455. The second-order valence-corrected chi connectivity index (χ2v) is 17.6. The number of nitrogens with zero attached hydrogens (tertiary/aromatic N) is 2. The van der Waals surface area contributed by atoms with Crippen molar-refractivity contribution in [2.24, 2.45) is 0 Å². The van der Waals surface area contributed by atoms with E-state index in [-0.39, 0.29) is 9.79 Å². The molecule has 2 aliphatic rings. The van der Waals surface area contributed by atoms with Crippen molar-refractivity contribution in [1.29, 1.82) is 0 Å². The summed E-state index contributed by atoms with van der Waals surface area (Å²) in [5.74, 6) is -0.908. The number of hydrogen-bond donors (Lipinski definition) is 1. The summed E-state index contributed by atoms with van der Waals surface area (Å²) in [6, 6.07) is 22.9. The highest BCUT2D eigenvalue weighted by atomic mass is 32.2. The fourth-order valence-corrected chi connectivity index (χ4v) is 8.42. The van der Waals surface area contributed by atoms with Gasteiger partial charge in [-0.2, -0.15) is 13.0 Å². The summed E-state index contributed by atoms with van der Waals surface area (Å²) in [6.07, 6.45) is 9.44. The highest BCUT2D eigenvalue weighted by Crippen LogP contribution is 2.49. The lowest BCUT2D eigenvalue weighted by Gasteiger charge is -2.27. The highest BCUT2D eigenvalue weighted by molar-refractivity contribution is 7.86. The molecule has 4 aromatic carbocycles. The summed E-state index contributed by atoms with van der Waals surface area (Å²) in [6.45, 7) is 8.61. The molecule has 0 fully saturated rings. The Bertz CT molecular complexity index is 2620. The monoisotopic (exact) mass is 810 g/mol. The predicted octanol–water partition coefficient (Wildman–Crippen LogP) is 6.98. The first-order valence-corrected chi connectivity index (χ1v) is 20.7. The van der Waals surface area contributed by atoms with Gasteiger partial charge in [-0.15, -0.1) is 0 Å². The second kappa shape index (κ2) is 15.3. The van der Waals surface area contributed by atoms with Crippen molar-refractivity contribution in [2.75, 3.05) is 19.1 Å². The van der Waals surface area contributed by atoms with Crippen molar-refractivity contribution < 1.29 is 49.6 Å². The SMILES string of the molecule is COC(=O)c1ccc(CN2C(=CC=CC=CC3=[N+](Cc4ccc(C(=O)OC)cc4)c4ccc(S(=O)(=O)[O-])cc4C3(C)C)C(C)(C)c3cc(S(=O)(=O)O)ccc32)cc1. The number of allylic oxidation sites excluding steroid dienone is 6. The van der Waals surface area contributed by atoms with Crippen molar-refractivity contribution in [2.45, 2.75) is 61.4 Å². The average molecular weight is 811 g/mol. The molecule has 296 valence electrons. The van der Waals surface area contributed by atoms with Crippen LogP contribution in [0.5, 0.6) is 0 Å². The molecular formula is C43H42N2O10S2. The van der Waals surface area contributed by atoms with Crippen LogP contribution in [-0.2, 0) is 53.6 Å². The third-order valence-electron chi connectivity index (χ3n) is 10.5. The molecule has 6 rings (SSSR count). The minimum Gasteiger partial charge on any atom is -0.744 e. The molecule has 0 saturated carbocycles. The van der Waals surface area contributed by atoms with E-state index in [0.717, 1.165) is 33.9 Å². The Labute approximate surface area is 332 Å². The van der Waals surface area contributed by atoms with Crippen LogP contribution < -0.4 is 4.90 Å². The van der Waals surface area contributed by atoms with Gasteiger partial charge in [0.2, 0.25) is 5.69 Å². The number of methoxy groups -OCH3 is 2. The lowest BCUT2D eigenvalue weighted by Crippen LogP contribution is -2.27. The summed E-state index contributed by atoms with van der Waals surface area (Å²) in [5.41, 5.74) is 5.69. The zero-order valence-electron chi connectivity index (χ0n) is 32.2. The number of rotatable bonds is 11. The summed E-state index contributed by atoms with van der Waals surface area (Å²) < 4.78 is 81.9. The van der Waals surface area contributed by atoms with Crippen molar-refractivity contribution >= 4 is 49.3 Å². The highest BCUT2D eigenvalue weighted by Gasteiger charge is 2.45. The molecule has 4 aromatic rings. The molecular weight excluding hydrogens is 769 g/mol. The zero-order chi connectivity index (χ0) is 41.5. The third-order valence-corrected chi connectivity index (χ3v) is 12.2. The molecule has 0 bridgehead atoms. The van der Waals surface area contributed by atoms with E-state index in [1.54, 1.807) is 36.4 Å². The van der Waals surface area contributed by atoms with Crippen LogP contribution in [0.2, 0.25) is 0 Å². The summed E-state index contributed by atoms with van der Waals surface area (Å²) in [7, 11) is -6.54. The molecule has 0 amide bonds. The number of fused-ring (bicyclic) bond motifs is 2. The molecule has 57 heavy (non-hydrogen) atoms. The van der Waals surface area contributed by atoms with Crippen LogP contribution >= 0.6 is 0 Å². The molecule has 2 aliphatic heterocycles. The average Bonchev–Trinajstić information content (AvgIpc) is 3.51. The maximum atomic E-state index is 12.1. The van der Waals surface area contributed by atoms with E-state index in [1.807, 2.05) is 86.9 Å². The van der Waals surface area contributed by atoms with Crippen LogP contribution in [0.3, 0.4) is 0 Å². The number of hydrogen-bond acceptors (Lipinski definition) is 10. The van der Waals surface area contributed by atoms with E-state index >= 15 is 0 Å². The molecule has 2 heterocycles. The van der Waals surface area contributed by atoms with E-state index in [2.05, 4.69) is 4.90 Å². The standard InChI is InChI=1S/C43H42N2O10S2/c1-42(2)34-24-32(56(48,49)50)20-22-36(34)44(26-28-12-16-30(17-13-28)40(46)54-5)38(42)10-8-7-9-11-39-43(3,4)35-25-33(57(51,52)53)21-23-37(35)45(39)27-29-14-18-31(19-15-29)41(47)55-6/h7-25H,26-27H2,1-6H3,(H-,48,49,50,51,52,53). The Morgan fingerprint density at radius 3 is 1.86 bits per heavy atom. The maximum Gasteiger partial charge on any atom is 0.337 e. The number of benzene rings is 4. The number of ether oxygens (including phenoxy) is 2. The van der Waals surface area contributed by atoms with Crippen molar-refractivity contribution in [1.82, 2.24) is 0 Å². The Hall–Kier alpha value is -5.67. The van der Waals surface area contributed by atoms with E-state index in [9.17, 15) is 35.5 Å². The Balaban J connectivity index is 1.37. The predicted molar refractivity (Wildman–Crippen MR) is 213 cm³/mol. The molecule has 0 radical (unpaired) electrons. The molecule has 0 unspecified atom stereocenters. The normalized spacial score (nSPS) is 16.7.